The van der Waals surface area contributed by atoms with Gasteiger partial charge in [-0.15, -0.1) is 0 Å². The van der Waals surface area contributed by atoms with E-state index in [4.69, 9.17) is 19.9 Å². The molecule has 1 heterocycles. The maximum absolute atomic E-state index is 13.4. The quantitative estimate of drug-likeness (QED) is 0.0460. The summed E-state index contributed by atoms with van der Waals surface area (Å²) in [6.45, 7) is 5.65. The van der Waals surface area contributed by atoms with E-state index >= 15 is 0 Å². The summed E-state index contributed by atoms with van der Waals surface area (Å²) >= 11 is 0. The van der Waals surface area contributed by atoms with Crippen LogP contribution in [0.15, 0.2) is 72.8 Å². The van der Waals surface area contributed by atoms with E-state index in [-0.39, 0.29) is 89.5 Å². The Morgan fingerprint density at radius 1 is 0.714 bits per heavy atom. The molecule has 17 heteroatoms. The normalized spacial score (nSPS) is 12.5. The van der Waals surface area contributed by atoms with Crippen LogP contribution in [0.2, 0.25) is 0 Å². The molecule has 2 atom stereocenters. The number of nitrogens with zero attached hydrogens (tertiary/aromatic N) is 1. The smallest absolute Gasteiger partial charge is 0.312 e. The summed E-state index contributed by atoms with van der Waals surface area (Å²) in [5, 5.41) is 22.8. The van der Waals surface area contributed by atoms with Gasteiger partial charge in [-0.05, 0) is 60.2 Å². The van der Waals surface area contributed by atoms with Crippen LogP contribution in [0.25, 0.3) is 0 Å². The van der Waals surface area contributed by atoms with Gasteiger partial charge < -0.3 is 56.5 Å². The lowest BCUT2D eigenvalue weighted by atomic mass is 10.0. The van der Waals surface area contributed by atoms with Crippen molar-refractivity contribution in [2.45, 2.75) is 71.2 Å². The number of rotatable bonds is 26. The van der Waals surface area contributed by atoms with Gasteiger partial charge in [0.1, 0.15) is 12.1 Å². The summed E-state index contributed by atoms with van der Waals surface area (Å²) in [7, 11) is 0. The SMILES string of the molecule is CC(C)[C@H](NC(=O)CCOCCOCCOCCNC(=O)CCC(=O)N1Cc2ccccc2C#Cc2ccccc21)C(=O)N[C@@H](CCCNC(N)=O)C(=O)Nc1ccc(CO)cc1. The fourth-order valence-corrected chi connectivity index (χ4v) is 6.37. The van der Waals surface area contributed by atoms with Gasteiger partial charge in [0.05, 0.1) is 58.5 Å². The third-order valence-electron chi connectivity index (χ3n) is 9.80. The van der Waals surface area contributed by atoms with Crippen LogP contribution < -0.4 is 37.2 Å². The first-order valence-electron chi connectivity index (χ1n) is 21.1. The standard InChI is InChI=1S/C46H59N7O10/c1-32(2)43(45(59)51-38(11-7-22-49-46(47)60)44(58)50-37-17-13-33(31-54)14-18-37)52-41(56)21-24-61-26-28-63-29-27-62-25-23-48-40(55)19-20-42(57)53-30-36-10-4-3-8-34(36)15-16-35-9-5-6-12-39(35)53/h3-6,8-10,12-14,17-18,32,38,43,54H,7,11,19-31H2,1-2H3,(H,48,55)(H,50,58)(H,51,59)(H,52,56)(H3,47,49,60)/t38-,43-/m0/s1. The van der Waals surface area contributed by atoms with Crippen molar-refractivity contribution >= 4 is 46.9 Å². The van der Waals surface area contributed by atoms with Crippen LogP contribution in [-0.4, -0.2) is 105 Å². The number of benzene rings is 3. The van der Waals surface area contributed by atoms with Crippen molar-refractivity contribution in [2.24, 2.45) is 11.7 Å². The molecule has 0 saturated heterocycles. The van der Waals surface area contributed by atoms with Crippen molar-refractivity contribution < 1.29 is 48.1 Å². The molecule has 3 aromatic carbocycles. The van der Waals surface area contributed by atoms with Gasteiger partial charge in [0.2, 0.25) is 29.5 Å². The molecule has 1 aliphatic rings. The largest absolute Gasteiger partial charge is 0.392 e. The highest BCUT2D eigenvalue weighted by atomic mass is 16.5. The van der Waals surface area contributed by atoms with Gasteiger partial charge in [0, 0.05) is 49.2 Å². The van der Waals surface area contributed by atoms with E-state index in [1.165, 1.54) is 0 Å². The second kappa shape index (κ2) is 26.9. The zero-order chi connectivity index (χ0) is 45.4. The molecule has 1 aliphatic heterocycles. The molecule has 0 spiro atoms. The van der Waals surface area contributed by atoms with Crippen LogP contribution in [-0.2, 0) is 51.3 Å². The van der Waals surface area contributed by atoms with Crippen molar-refractivity contribution in [3.8, 4) is 11.8 Å². The molecule has 0 fully saturated rings. The van der Waals surface area contributed by atoms with Crippen molar-refractivity contribution in [3.63, 3.8) is 0 Å². The third kappa shape index (κ3) is 17.5. The number of urea groups is 1. The molecule has 8 N–H and O–H groups in total. The summed E-state index contributed by atoms with van der Waals surface area (Å²) in [5.41, 5.74) is 9.57. The second-order valence-electron chi connectivity index (χ2n) is 15.0. The van der Waals surface area contributed by atoms with Crippen molar-refractivity contribution in [1.82, 2.24) is 21.3 Å². The number of amides is 7. The number of aliphatic hydroxyl groups is 1. The second-order valence-corrected chi connectivity index (χ2v) is 15.0. The highest BCUT2D eigenvalue weighted by Crippen LogP contribution is 2.26. The molecular formula is C46H59N7O10. The van der Waals surface area contributed by atoms with Crippen LogP contribution in [0.1, 0.15) is 68.2 Å². The molecule has 0 bridgehead atoms. The van der Waals surface area contributed by atoms with E-state index in [0.717, 1.165) is 22.4 Å². The van der Waals surface area contributed by atoms with Crippen LogP contribution in [0, 0.1) is 17.8 Å². The molecule has 338 valence electrons. The third-order valence-corrected chi connectivity index (χ3v) is 9.80. The molecular weight excluding hydrogens is 811 g/mol. The zero-order valence-electron chi connectivity index (χ0n) is 35.9. The molecule has 0 aromatic heterocycles. The number of anilines is 2. The molecule has 0 saturated carbocycles. The molecule has 0 unspecified atom stereocenters. The summed E-state index contributed by atoms with van der Waals surface area (Å²) in [4.78, 5) is 78.0. The number of nitrogens with two attached hydrogens (primary N) is 1. The van der Waals surface area contributed by atoms with Crippen LogP contribution in [0.3, 0.4) is 0 Å². The van der Waals surface area contributed by atoms with Crippen LogP contribution in [0.4, 0.5) is 16.2 Å². The summed E-state index contributed by atoms with van der Waals surface area (Å²) in [5.74, 6) is 4.20. The lowest BCUT2D eigenvalue weighted by molar-refractivity contribution is -0.132. The first-order chi connectivity index (χ1) is 30.4. The number of carbonyl (C=O) groups excluding carboxylic acids is 6. The van der Waals surface area contributed by atoms with Gasteiger partial charge >= 0.3 is 6.03 Å². The number of hydrogen-bond acceptors (Lipinski definition) is 10. The average Bonchev–Trinajstić information content (AvgIpc) is 3.26. The fraction of sp³-hybridized carbons (Fsp3) is 0.435. The van der Waals surface area contributed by atoms with Gasteiger partial charge in [0.25, 0.3) is 0 Å². The zero-order valence-corrected chi connectivity index (χ0v) is 35.9. The number of aliphatic hydroxyl groups excluding tert-OH is 1. The predicted molar refractivity (Wildman–Crippen MR) is 236 cm³/mol. The molecule has 17 nitrogen and oxygen atoms in total. The number of hydrogen-bond donors (Lipinski definition) is 7. The number of primary amides is 1. The first kappa shape index (κ1) is 49.3. The minimum absolute atomic E-state index is 0.0119. The highest BCUT2D eigenvalue weighted by Gasteiger charge is 2.29. The van der Waals surface area contributed by atoms with Gasteiger partial charge in [-0.1, -0.05) is 68.2 Å². The number of nitrogens with one attached hydrogen (secondary N) is 5. The Morgan fingerprint density at radius 2 is 1.37 bits per heavy atom. The van der Waals surface area contributed by atoms with Gasteiger partial charge in [-0.2, -0.15) is 0 Å². The molecule has 0 radical (unpaired) electrons. The Morgan fingerprint density at radius 3 is 2.06 bits per heavy atom. The van der Waals surface area contributed by atoms with E-state index in [1.54, 1.807) is 43.0 Å². The van der Waals surface area contributed by atoms with Gasteiger partial charge in [-0.25, -0.2) is 4.79 Å². The van der Waals surface area contributed by atoms with E-state index in [1.807, 2.05) is 48.5 Å². The van der Waals surface area contributed by atoms with E-state index in [2.05, 4.69) is 38.4 Å². The topological polar surface area (TPSA) is 240 Å². The average molecular weight is 870 g/mol. The number of ether oxygens (including phenoxy) is 3. The number of carbonyl (C=O) groups is 6. The molecule has 4 rings (SSSR count). The first-order valence-corrected chi connectivity index (χ1v) is 21.1. The predicted octanol–water partition coefficient (Wildman–Crippen LogP) is 2.47. The Kier molecular flexibility index (Phi) is 21.1. The van der Waals surface area contributed by atoms with Gasteiger partial charge in [0.15, 0.2) is 0 Å². The summed E-state index contributed by atoms with van der Waals surface area (Å²) < 4.78 is 16.6. The Balaban J connectivity index is 1.06. The fourth-order valence-electron chi connectivity index (χ4n) is 6.37. The summed E-state index contributed by atoms with van der Waals surface area (Å²) in [6, 6.07) is 19.2. The van der Waals surface area contributed by atoms with E-state index in [9.17, 15) is 33.9 Å². The highest BCUT2D eigenvalue weighted by molar-refractivity contribution is 5.99. The lowest BCUT2D eigenvalue weighted by Crippen LogP contribution is -2.54. The number of para-hydroxylation sites is 1. The molecule has 7 amide bonds. The monoisotopic (exact) mass is 869 g/mol. The minimum Gasteiger partial charge on any atom is -0.392 e. The number of fused-ring (bicyclic) bond motifs is 2. The maximum atomic E-state index is 13.4. The van der Waals surface area contributed by atoms with Crippen molar-refractivity contribution in [1.29, 1.82) is 0 Å². The van der Waals surface area contributed by atoms with Crippen LogP contribution in [0.5, 0.6) is 0 Å². The molecule has 63 heavy (non-hydrogen) atoms. The maximum Gasteiger partial charge on any atom is 0.312 e. The minimum atomic E-state index is -0.985. The molecule has 3 aromatic rings. The van der Waals surface area contributed by atoms with Crippen molar-refractivity contribution in [3.05, 3.63) is 95.1 Å². The van der Waals surface area contributed by atoms with Crippen molar-refractivity contribution in [2.75, 3.05) is 62.9 Å². The summed E-state index contributed by atoms with van der Waals surface area (Å²) in [6.07, 6.45) is 0.586. The Bertz CT molecular complexity index is 2050. The Labute approximate surface area is 368 Å². The molecule has 0 aliphatic carbocycles. The van der Waals surface area contributed by atoms with E-state index < -0.39 is 35.8 Å². The Hall–Kier alpha value is -6.32. The lowest BCUT2D eigenvalue weighted by Gasteiger charge is -2.26. The van der Waals surface area contributed by atoms with Crippen LogP contribution >= 0.6 is 0 Å². The van der Waals surface area contributed by atoms with Gasteiger partial charge in [-0.3, -0.25) is 24.0 Å². The van der Waals surface area contributed by atoms with E-state index in [0.29, 0.717) is 37.4 Å².